The van der Waals surface area contributed by atoms with Crippen LogP contribution in [0.25, 0.3) is 0 Å². The Hall–Kier alpha value is -0.420. The van der Waals surface area contributed by atoms with Crippen LogP contribution in [0.3, 0.4) is 0 Å². The zero-order valence-corrected chi connectivity index (χ0v) is 10.9. The molecule has 0 bridgehead atoms. The van der Waals surface area contributed by atoms with Crippen molar-refractivity contribution in [2.24, 2.45) is 5.92 Å². The lowest BCUT2D eigenvalue weighted by Crippen LogP contribution is -2.38. The minimum Gasteiger partial charge on any atom is -0.303 e. The van der Waals surface area contributed by atoms with Crippen molar-refractivity contribution in [1.29, 1.82) is 0 Å². The van der Waals surface area contributed by atoms with Gasteiger partial charge in [0.1, 0.15) is 6.29 Å². The molecule has 0 N–H and O–H groups in total. The van der Waals surface area contributed by atoms with Gasteiger partial charge in [-0.1, -0.05) is 0 Å². The van der Waals surface area contributed by atoms with Crippen molar-refractivity contribution in [1.82, 2.24) is 4.90 Å². The van der Waals surface area contributed by atoms with Crippen molar-refractivity contribution in [2.45, 2.75) is 31.9 Å². The quantitative estimate of drug-likeness (QED) is 0.672. The summed E-state index contributed by atoms with van der Waals surface area (Å²) >= 11 is 0. The van der Waals surface area contributed by atoms with Gasteiger partial charge < -0.3 is 9.69 Å². The Morgan fingerprint density at radius 1 is 1.31 bits per heavy atom. The van der Waals surface area contributed by atoms with E-state index in [0.29, 0.717) is 6.54 Å². The summed E-state index contributed by atoms with van der Waals surface area (Å²) in [5, 5.41) is -0.292. The molecule has 0 atom stereocenters. The largest absolute Gasteiger partial charge is 0.303 e. The van der Waals surface area contributed by atoms with Gasteiger partial charge in [0, 0.05) is 12.5 Å². The Bertz CT molecular complexity index is 316. The first-order valence-corrected chi connectivity index (χ1v) is 7.56. The molecule has 1 aliphatic heterocycles. The molecule has 0 amide bonds. The highest BCUT2D eigenvalue weighted by Crippen LogP contribution is 2.15. The normalized spacial score (nSPS) is 20.2. The standard InChI is InChI=1S/C11H21NO3S/c1-10(2)16(14,15)8-7-12-5-3-11(9-13)4-6-12/h9-11H,3-8H2,1-2H3. The lowest BCUT2D eigenvalue weighted by Gasteiger charge is -2.29. The maximum Gasteiger partial charge on any atom is 0.153 e. The van der Waals surface area contributed by atoms with Gasteiger partial charge in [0.25, 0.3) is 0 Å². The summed E-state index contributed by atoms with van der Waals surface area (Å²) in [7, 11) is -2.93. The summed E-state index contributed by atoms with van der Waals surface area (Å²) in [5.41, 5.74) is 0. The summed E-state index contributed by atoms with van der Waals surface area (Å²) in [5.74, 6) is 0.411. The van der Waals surface area contributed by atoms with Gasteiger partial charge in [0.15, 0.2) is 9.84 Å². The number of hydrogen-bond donors (Lipinski definition) is 0. The Morgan fingerprint density at radius 2 is 1.88 bits per heavy atom. The molecule has 1 fully saturated rings. The van der Waals surface area contributed by atoms with Gasteiger partial charge in [0.05, 0.1) is 11.0 Å². The number of carbonyl (C=O) groups excluding carboxylic acids is 1. The van der Waals surface area contributed by atoms with Crippen molar-refractivity contribution in [3.05, 3.63) is 0 Å². The summed E-state index contributed by atoms with van der Waals surface area (Å²) in [6.45, 7) is 5.72. The van der Waals surface area contributed by atoms with E-state index in [9.17, 15) is 13.2 Å². The van der Waals surface area contributed by atoms with E-state index in [1.54, 1.807) is 13.8 Å². The molecule has 0 aromatic heterocycles. The number of sulfone groups is 1. The molecule has 0 aromatic carbocycles. The molecule has 0 aliphatic carbocycles. The number of carbonyl (C=O) groups is 1. The lowest BCUT2D eigenvalue weighted by molar-refractivity contribution is -0.112. The first kappa shape index (κ1) is 13.6. The van der Waals surface area contributed by atoms with Crippen LogP contribution < -0.4 is 0 Å². The maximum atomic E-state index is 11.6. The molecule has 0 radical (unpaired) electrons. The van der Waals surface area contributed by atoms with Gasteiger partial charge in [-0.25, -0.2) is 8.42 Å². The Labute approximate surface area is 97.9 Å². The van der Waals surface area contributed by atoms with E-state index < -0.39 is 9.84 Å². The highest BCUT2D eigenvalue weighted by atomic mass is 32.2. The molecule has 4 nitrogen and oxygen atoms in total. The highest BCUT2D eigenvalue weighted by molar-refractivity contribution is 7.92. The summed E-state index contributed by atoms with van der Waals surface area (Å²) in [4.78, 5) is 12.7. The molecule has 1 heterocycles. The monoisotopic (exact) mass is 247 g/mol. The van der Waals surface area contributed by atoms with Crippen LogP contribution in [0.1, 0.15) is 26.7 Å². The number of hydrogen-bond acceptors (Lipinski definition) is 4. The van der Waals surface area contributed by atoms with Crippen LogP contribution in [-0.4, -0.2) is 50.2 Å². The van der Waals surface area contributed by atoms with Crippen LogP contribution in [0, 0.1) is 5.92 Å². The van der Waals surface area contributed by atoms with Gasteiger partial charge in [0.2, 0.25) is 0 Å². The second-order valence-corrected chi connectivity index (χ2v) is 7.41. The maximum absolute atomic E-state index is 11.6. The van der Waals surface area contributed by atoms with Gasteiger partial charge >= 0.3 is 0 Å². The number of likely N-dealkylation sites (tertiary alicyclic amines) is 1. The zero-order chi connectivity index (χ0) is 12.2. The third-order valence-electron chi connectivity index (χ3n) is 3.23. The predicted octanol–water partition coefficient (Wildman–Crippen LogP) is 0.721. The summed E-state index contributed by atoms with van der Waals surface area (Å²) in [6, 6.07) is 0. The van der Waals surface area contributed by atoms with Crippen molar-refractivity contribution in [2.75, 3.05) is 25.4 Å². The Balaban J connectivity index is 2.33. The predicted molar refractivity (Wildman–Crippen MR) is 64.2 cm³/mol. The molecular weight excluding hydrogens is 226 g/mol. The van der Waals surface area contributed by atoms with E-state index >= 15 is 0 Å². The highest BCUT2D eigenvalue weighted by Gasteiger charge is 2.21. The molecule has 5 heteroatoms. The van der Waals surface area contributed by atoms with E-state index in [4.69, 9.17) is 0 Å². The van der Waals surface area contributed by atoms with Crippen LogP contribution in [-0.2, 0) is 14.6 Å². The van der Waals surface area contributed by atoms with Crippen molar-refractivity contribution in [3.8, 4) is 0 Å². The Morgan fingerprint density at radius 3 is 2.31 bits per heavy atom. The molecule has 16 heavy (non-hydrogen) atoms. The number of nitrogens with zero attached hydrogens (tertiary/aromatic N) is 1. The third-order valence-corrected chi connectivity index (χ3v) is 5.42. The fourth-order valence-electron chi connectivity index (χ4n) is 1.80. The van der Waals surface area contributed by atoms with Gasteiger partial charge in [-0.3, -0.25) is 0 Å². The van der Waals surface area contributed by atoms with Gasteiger partial charge in [-0.15, -0.1) is 0 Å². The molecule has 1 rings (SSSR count). The van der Waals surface area contributed by atoms with E-state index in [2.05, 4.69) is 4.90 Å². The van der Waals surface area contributed by atoms with Crippen molar-refractivity contribution >= 4 is 16.1 Å². The smallest absolute Gasteiger partial charge is 0.153 e. The molecular formula is C11H21NO3S. The summed E-state index contributed by atoms with van der Waals surface area (Å²) in [6.07, 6.45) is 2.75. The molecule has 0 aromatic rings. The molecule has 94 valence electrons. The fraction of sp³-hybridized carbons (Fsp3) is 0.909. The fourth-order valence-corrected chi connectivity index (χ4v) is 2.79. The minimum atomic E-state index is -2.93. The molecule has 0 unspecified atom stereocenters. The second-order valence-electron chi connectivity index (χ2n) is 4.73. The number of rotatable bonds is 5. The average molecular weight is 247 g/mol. The van der Waals surface area contributed by atoms with Gasteiger partial charge in [-0.05, 0) is 39.8 Å². The SMILES string of the molecule is CC(C)S(=O)(=O)CCN1CCC(C=O)CC1. The zero-order valence-electron chi connectivity index (χ0n) is 10.1. The molecule has 1 saturated heterocycles. The van der Waals surface area contributed by atoms with Crippen LogP contribution in [0.5, 0.6) is 0 Å². The van der Waals surface area contributed by atoms with Crippen LogP contribution in [0.15, 0.2) is 0 Å². The first-order chi connectivity index (χ1) is 7.45. The van der Waals surface area contributed by atoms with Crippen LogP contribution in [0.2, 0.25) is 0 Å². The van der Waals surface area contributed by atoms with Gasteiger partial charge in [-0.2, -0.15) is 0 Å². The van der Waals surface area contributed by atoms with E-state index in [1.165, 1.54) is 0 Å². The number of aldehydes is 1. The van der Waals surface area contributed by atoms with Crippen LogP contribution in [0.4, 0.5) is 0 Å². The number of piperidine rings is 1. The minimum absolute atomic E-state index is 0.179. The topological polar surface area (TPSA) is 54.5 Å². The van der Waals surface area contributed by atoms with Crippen molar-refractivity contribution < 1.29 is 13.2 Å². The molecule has 0 spiro atoms. The third kappa shape index (κ3) is 3.87. The Kier molecular flexibility index (Phi) is 4.92. The first-order valence-electron chi connectivity index (χ1n) is 5.85. The van der Waals surface area contributed by atoms with E-state index in [1.807, 2.05) is 0 Å². The molecule has 0 saturated carbocycles. The van der Waals surface area contributed by atoms with E-state index in [0.717, 1.165) is 32.2 Å². The average Bonchev–Trinajstić information content (AvgIpc) is 2.27. The second kappa shape index (κ2) is 5.77. The van der Waals surface area contributed by atoms with E-state index in [-0.39, 0.29) is 16.9 Å². The van der Waals surface area contributed by atoms with Crippen LogP contribution >= 0.6 is 0 Å². The van der Waals surface area contributed by atoms with Crippen molar-refractivity contribution in [3.63, 3.8) is 0 Å². The lowest BCUT2D eigenvalue weighted by atomic mass is 9.99. The molecule has 1 aliphatic rings. The summed E-state index contributed by atoms with van der Waals surface area (Å²) < 4.78 is 23.2.